The lowest BCUT2D eigenvalue weighted by molar-refractivity contribution is 0.0733. The maximum Gasteiger partial charge on any atom is 0.343 e. The van der Waals surface area contributed by atoms with E-state index in [1.165, 1.54) is 5.56 Å². The lowest BCUT2D eigenvalue weighted by Gasteiger charge is -2.10. The molecule has 0 spiro atoms. The van der Waals surface area contributed by atoms with Crippen LogP contribution in [0, 0.1) is 6.92 Å². The molecule has 0 atom stereocenters. The van der Waals surface area contributed by atoms with E-state index in [9.17, 15) is 9.59 Å². The summed E-state index contributed by atoms with van der Waals surface area (Å²) in [4.78, 5) is 25.1. The smallest absolute Gasteiger partial charge is 0.343 e. The van der Waals surface area contributed by atoms with E-state index in [2.05, 4.69) is 6.92 Å². The van der Waals surface area contributed by atoms with Crippen LogP contribution in [0.3, 0.4) is 0 Å². The molecule has 0 N–H and O–H groups in total. The Morgan fingerprint density at radius 2 is 1.72 bits per heavy atom. The van der Waals surface area contributed by atoms with Gasteiger partial charge in [-0.15, -0.1) is 0 Å². The standard InChI is InChI=1S/C25H20O4/c1-3-17-9-11-18(12-10-17)15-22-23(26)20-13-14-21(16(2)24(20)28-22)29-25(27)19-7-5-4-6-8-19/h4-15H,3H2,1-2H3/b22-15-. The summed E-state index contributed by atoms with van der Waals surface area (Å²) < 4.78 is 11.4. The summed E-state index contributed by atoms with van der Waals surface area (Å²) in [7, 11) is 0. The van der Waals surface area contributed by atoms with Gasteiger partial charge in [0.25, 0.3) is 0 Å². The number of Topliss-reactive ketones (excluding diaryl/α,β-unsaturated/α-hetero) is 1. The van der Waals surface area contributed by atoms with Crippen molar-refractivity contribution in [2.24, 2.45) is 0 Å². The lowest BCUT2D eigenvalue weighted by atomic mass is 10.0. The Hall–Kier alpha value is -3.66. The molecule has 3 aromatic carbocycles. The number of ether oxygens (including phenoxy) is 2. The van der Waals surface area contributed by atoms with Crippen LogP contribution in [0.2, 0.25) is 0 Å². The Kier molecular flexibility index (Phi) is 5.00. The Labute approximate surface area is 169 Å². The van der Waals surface area contributed by atoms with Crippen molar-refractivity contribution in [1.82, 2.24) is 0 Å². The summed E-state index contributed by atoms with van der Waals surface area (Å²) in [6.07, 6.45) is 2.69. The zero-order valence-electron chi connectivity index (χ0n) is 16.3. The van der Waals surface area contributed by atoms with Crippen molar-refractivity contribution in [3.8, 4) is 11.5 Å². The fourth-order valence-corrected chi connectivity index (χ4v) is 3.21. The SMILES string of the molecule is CCc1ccc(/C=C2\Oc3c(ccc(OC(=O)c4ccccc4)c3C)C2=O)cc1. The summed E-state index contributed by atoms with van der Waals surface area (Å²) >= 11 is 0. The van der Waals surface area contributed by atoms with Crippen molar-refractivity contribution >= 4 is 17.8 Å². The number of rotatable bonds is 4. The summed E-state index contributed by atoms with van der Waals surface area (Å²) in [6, 6.07) is 20.0. The normalized spacial score (nSPS) is 13.9. The van der Waals surface area contributed by atoms with Crippen LogP contribution in [0.4, 0.5) is 0 Å². The number of aryl methyl sites for hydroxylation is 1. The van der Waals surface area contributed by atoms with Gasteiger partial charge in [0.15, 0.2) is 5.76 Å². The van der Waals surface area contributed by atoms with Gasteiger partial charge in [-0.2, -0.15) is 0 Å². The number of carbonyl (C=O) groups excluding carboxylic acids is 2. The summed E-state index contributed by atoms with van der Waals surface area (Å²) in [5.74, 6) is 0.441. The van der Waals surface area contributed by atoms with E-state index in [1.54, 1.807) is 49.4 Å². The van der Waals surface area contributed by atoms with Crippen LogP contribution in [0.15, 0.2) is 72.5 Å². The monoisotopic (exact) mass is 384 g/mol. The van der Waals surface area contributed by atoms with Gasteiger partial charge in [-0.3, -0.25) is 4.79 Å². The number of fused-ring (bicyclic) bond motifs is 1. The molecule has 0 fully saturated rings. The first kappa shape index (κ1) is 18.7. The van der Waals surface area contributed by atoms with E-state index in [0.717, 1.165) is 12.0 Å². The predicted octanol–water partition coefficient (Wildman–Crippen LogP) is 5.39. The largest absolute Gasteiger partial charge is 0.452 e. The Balaban J connectivity index is 1.59. The van der Waals surface area contributed by atoms with Crippen molar-refractivity contribution in [1.29, 1.82) is 0 Å². The number of ketones is 1. The average Bonchev–Trinajstić information content (AvgIpc) is 3.07. The molecule has 0 saturated carbocycles. The summed E-state index contributed by atoms with van der Waals surface area (Å²) in [5.41, 5.74) is 3.67. The van der Waals surface area contributed by atoms with Gasteiger partial charge in [-0.25, -0.2) is 4.79 Å². The third-order valence-corrected chi connectivity index (χ3v) is 4.93. The lowest BCUT2D eigenvalue weighted by Crippen LogP contribution is -2.09. The number of carbonyl (C=O) groups is 2. The van der Waals surface area contributed by atoms with E-state index < -0.39 is 5.97 Å². The second-order valence-electron chi connectivity index (χ2n) is 6.86. The highest BCUT2D eigenvalue weighted by atomic mass is 16.5. The van der Waals surface area contributed by atoms with Crippen molar-refractivity contribution in [2.45, 2.75) is 20.3 Å². The third-order valence-electron chi connectivity index (χ3n) is 4.93. The molecule has 0 unspecified atom stereocenters. The Morgan fingerprint density at radius 1 is 1.00 bits per heavy atom. The first-order valence-electron chi connectivity index (χ1n) is 9.51. The molecule has 0 bridgehead atoms. The minimum Gasteiger partial charge on any atom is -0.452 e. The first-order valence-corrected chi connectivity index (χ1v) is 9.51. The Morgan fingerprint density at radius 3 is 2.41 bits per heavy atom. The van der Waals surface area contributed by atoms with Crippen LogP contribution in [0.25, 0.3) is 6.08 Å². The summed E-state index contributed by atoms with van der Waals surface area (Å²) in [6.45, 7) is 3.87. The molecule has 0 aromatic heterocycles. The van der Waals surface area contributed by atoms with Crippen LogP contribution < -0.4 is 9.47 Å². The van der Waals surface area contributed by atoms with Crippen molar-refractivity contribution in [2.75, 3.05) is 0 Å². The van der Waals surface area contributed by atoms with Gasteiger partial charge in [0.2, 0.25) is 5.78 Å². The van der Waals surface area contributed by atoms with Crippen molar-refractivity contribution in [3.63, 3.8) is 0 Å². The third kappa shape index (κ3) is 3.69. The molecule has 4 heteroatoms. The molecule has 1 aliphatic rings. The molecule has 0 aliphatic carbocycles. The molecule has 4 nitrogen and oxygen atoms in total. The highest BCUT2D eigenvalue weighted by molar-refractivity contribution is 6.15. The second-order valence-corrected chi connectivity index (χ2v) is 6.86. The maximum absolute atomic E-state index is 12.7. The Bertz CT molecular complexity index is 1110. The van der Waals surface area contributed by atoms with Gasteiger partial charge >= 0.3 is 5.97 Å². The fraction of sp³-hybridized carbons (Fsp3) is 0.120. The van der Waals surface area contributed by atoms with Crippen LogP contribution in [-0.2, 0) is 6.42 Å². The van der Waals surface area contributed by atoms with E-state index in [0.29, 0.717) is 28.2 Å². The minimum atomic E-state index is -0.454. The highest BCUT2D eigenvalue weighted by Gasteiger charge is 2.30. The second kappa shape index (κ2) is 7.76. The molecule has 144 valence electrons. The molecule has 0 amide bonds. The molecule has 0 radical (unpaired) electrons. The zero-order valence-corrected chi connectivity index (χ0v) is 16.3. The highest BCUT2D eigenvalue weighted by Crippen LogP contribution is 2.39. The molecule has 4 rings (SSSR count). The molecule has 1 heterocycles. The van der Waals surface area contributed by atoms with Crippen LogP contribution in [0.1, 0.15) is 44.3 Å². The van der Waals surface area contributed by atoms with Crippen LogP contribution in [-0.4, -0.2) is 11.8 Å². The molecule has 29 heavy (non-hydrogen) atoms. The van der Waals surface area contributed by atoms with E-state index in [4.69, 9.17) is 9.47 Å². The van der Waals surface area contributed by atoms with Crippen LogP contribution >= 0.6 is 0 Å². The number of hydrogen-bond donors (Lipinski definition) is 0. The molecule has 3 aromatic rings. The maximum atomic E-state index is 12.7. The quantitative estimate of drug-likeness (QED) is 0.344. The van der Waals surface area contributed by atoms with E-state index in [1.807, 2.05) is 30.3 Å². The average molecular weight is 384 g/mol. The van der Waals surface area contributed by atoms with Gasteiger partial charge in [0.05, 0.1) is 11.1 Å². The number of esters is 1. The van der Waals surface area contributed by atoms with Crippen LogP contribution in [0.5, 0.6) is 11.5 Å². The zero-order chi connectivity index (χ0) is 20.4. The number of allylic oxidation sites excluding steroid dienone is 1. The van der Waals surface area contributed by atoms with Crippen molar-refractivity contribution in [3.05, 3.63) is 100 Å². The molecular weight excluding hydrogens is 364 g/mol. The first-order chi connectivity index (χ1) is 14.1. The van der Waals surface area contributed by atoms with E-state index in [-0.39, 0.29) is 11.5 Å². The van der Waals surface area contributed by atoms with Gasteiger partial charge < -0.3 is 9.47 Å². The van der Waals surface area contributed by atoms with Gasteiger partial charge in [0.1, 0.15) is 11.5 Å². The molecule has 1 aliphatic heterocycles. The van der Waals surface area contributed by atoms with Gasteiger partial charge in [0, 0.05) is 5.56 Å². The topological polar surface area (TPSA) is 52.6 Å². The fourth-order valence-electron chi connectivity index (χ4n) is 3.21. The van der Waals surface area contributed by atoms with Gasteiger partial charge in [-0.05, 0) is 54.8 Å². The van der Waals surface area contributed by atoms with Crippen molar-refractivity contribution < 1.29 is 19.1 Å². The summed E-state index contributed by atoms with van der Waals surface area (Å²) in [5, 5.41) is 0. The van der Waals surface area contributed by atoms with E-state index >= 15 is 0 Å². The minimum absolute atomic E-state index is 0.177. The predicted molar refractivity (Wildman–Crippen MR) is 111 cm³/mol. The molecule has 0 saturated heterocycles. The number of hydrogen-bond acceptors (Lipinski definition) is 4. The number of benzene rings is 3. The van der Waals surface area contributed by atoms with Gasteiger partial charge in [-0.1, -0.05) is 49.4 Å². The molecular formula is C25H20O4.